The molecule has 0 unspecified atom stereocenters. The van der Waals surface area contributed by atoms with Gasteiger partial charge in [0, 0.05) is 28.0 Å². The first-order valence-corrected chi connectivity index (χ1v) is 7.15. The highest BCUT2D eigenvalue weighted by Gasteiger charge is 2.08. The maximum Gasteiger partial charge on any atom is 0.156 e. The maximum absolute atomic E-state index is 6.01. The Morgan fingerprint density at radius 2 is 1.95 bits per heavy atom. The van der Waals surface area contributed by atoms with Gasteiger partial charge in [-0.1, -0.05) is 17.7 Å². The van der Waals surface area contributed by atoms with E-state index in [-0.39, 0.29) is 0 Å². The summed E-state index contributed by atoms with van der Waals surface area (Å²) in [6, 6.07) is 9.25. The van der Waals surface area contributed by atoms with E-state index in [1.54, 1.807) is 24.5 Å². The quantitative estimate of drug-likeness (QED) is 0.642. The van der Waals surface area contributed by atoms with Crippen LogP contribution in [0.15, 0.2) is 47.2 Å². The van der Waals surface area contributed by atoms with Gasteiger partial charge in [-0.15, -0.1) is 0 Å². The summed E-state index contributed by atoms with van der Waals surface area (Å²) in [5.74, 6) is 1.38. The fourth-order valence-electron chi connectivity index (χ4n) is 1.87. The number of pyridine rings is 2. The van der Waals surface area contributed by atoms with Gasteiger partial charge in [-0.2, -0.15) is 0 Å². The third-order valence-corrected chi connectivity index (χ3v) is 3.55. The monoisotopic (exact) mass is 348 g/mol. The summed E-state index contributed by atoms with van der Waals surface area (Å²) < 4.78 is 6.82. The van der Waals surface area contributed by atoms with Crippen LogP contribution in [-0.4, -0.2) is 9.97 Å². The molecule has 1 aromatic carbocycles. The van der Waals surface area contributed by atoms with Crippen molar-refractivity contribution in [2.75, 3.05) is 0 Å². The minimum absolute atomic E-state index is 0.639. The standard InChI is InChI=1S/C15H10BrClN2O/c1-9-2-3-11(17)7-14(9)20-13-4-5-18-12-6-10(16)8-19-15(12)13/h2-8H,1H3. The molecule has 0 N–H and O–H groups in total. The second kappa shape index (κ2) is 5.38. The Morgan fingerprint density at radius 3 is 2.80 bits per heavy atom. The third-order valence-electron chi connectivity index (χ3n) is 2.88. The van der Waals surface area contributed by atoms with Crippen molar-refractivity contribution in [2.45, 2.75) is 6.92 Å². The van der Waals surface area contributed by atoms with Crippen molar-refractivity contribution in [2.24, 2.45) is 0 Å². The molecule has 0 aliphatic heterocycles. The average molecular weight is 350 g/mol. The van der Waals surface area contributed by atoms with Gasteiger partial charge in [-0.25, -0.2) is 4.98 Å². The van der Waals surface area contributed by atoms with Gasteiger partial charge >= 0.3 is 0 Å². The molecule has 2 heterocycles. The molecule has 3 aromatic rings. The van der Waals surface area contributed by atoms with E-state index in [0.717, 1.165) is 26.8 Å². The van der Waals surface area contributed by atoms with Gasteiger partial charge in [0.25, 0.3) is 0 Å². The molecule has 0 radical (unpaired) electrons. The van der Waals surface area contributed by atoms with Gasteiger partial charge in [0.05, 0.1) is 5.52 Å². The summed E-state index contributed by atoms with van der Waals surface area (Å²) in [7, 11) is 0. The van der Waals surface area contributed by atoms with Crippen LogP contribution in [-0.2, 0) is 0 Å². The molecular weight excluding hydrogens is 340 g/mol. The van der Waals surface area contributed by atoms with Gasteiger partial charge < -0.3 is 4.74 Å². The van der Waals surface area contributed by atoms with Crippen molar-refractivity contribution in [1.29, 1.82) is 0 Å². The van der Waals surface area contributed by atoms with Crippen molar-refractivity contribution in [3.8, 4) is 11.5 Å². The molecule has 0 spiro atoms. The summed E-state index contributed by atoms with van der Waals surface area (Å²) >= 11 is 9.39. The van der Waals surface area contributed by atoms with Crippen LogP contribution in [0.25, 0.3) is 11.0 Å². The minimum atomic E-state index is 0.639. The van der Waals surface area contributed by atoms with Gasteiger partial charge in [0.1, 0.15) is 11.3 Å². The summed E-state index contributed by atoms with van der Waals surface area (Å²) in [6.07, 6.45) is 3.42. The van der Waals surface area contributed by atoms with Gasteiger partial charge in [-0.3, -0.25) is 4.98 Å². The second-order valence-electron chi connectivity index (χ2n) is 4.34. The van der Waals surface area contributed by atoms with Crippen LogP contribution in [0.4, 0.5) is 0 Å². The molecule has 0 saturated heterocycles. The zero-order valence-corrected chi connectivity index (χ0v) is 12.9. The number of rotatable bonds is 2. The average Bonchev–Trinajstić information content (AvgIpc) is 2.43. The van der Waals surface area contributed by atoms with Gasteiger partial charge in [-0.05, 0) is 46.6 Å². The lowest BCUT2D eigenvalue weighted by Crippen LogP contribution is -1.91. The highest BCUT2D eigenvalue weighted by Crippen LogP contribution is 2.31. The zero-order chi connectivity index (χ0) is 14.1. The molecular formula is C15H10BrClN2O. The maximum atomic E-state index is 6.01. The number of ether oxygens (including phenoxy) is 1. The number of aromatic nitrogens is 2. The Balaban J connectivity index is 2.09. The lowest BCUT2D eigenvalue weighted by Gasteiger charge is -2.10. The molecule has 100 valence electrons. The molecule has 3 nitrogen and oxygen atoms in total. The van der Waals surface area contributed by atoms with E-state index in [4.69, 9.17) is 16.3 Å². The molecule has 0 aliphatic carbocycles. The van der Waals surface area contributed by atoms with Crippen LogP contribution in [0.1, 0.15) is 5.56 Å². The van der Waals surface area contributed by atoms with E-state index >= 15 is 0 Å². The van der Waals surface area contributed by atoms with E-state index in [1.807, 2.05) is 25.1 Å². The van der Waals surface area contributed by atoms with E-state index in [2.05, 4.69) is 25.9 Å². The first-order chi connectivity index (χ1) is 9.63. The highest BCUT2D eigenvalue weighted by atomic mass is 79.9. The smallest absolute Gasteiger partial charge is 0.156 e. The first kappa shape index (κ1) is 13.3. The molecule has 0 fully saturated rings. The number of aryl methyl sites for hydroxylation is 1. The van der Waals surface area contributed by atoms with Crippen molar-refractivity contribution in [1.82, 2.24) is 9.97 Å². The van der Waals surface area contributed by atoms with Gasteiger partial charge in [0.15, 0.2) is 5.75 Å². The Labute approximate surface area is 129 Å². The minimum Gasteiger partial charge on any atom is -0.455 e. The molecule has 0 aliphatic rings. The number of hydrogen-bond donors (Lipinski definition) is 0. The molecule has 0 atom stereocenters. The van der Waals surface area contributed by atoms with Crippen molar-refractivity contribution >= 4 is 38.6 Å². The fourth-order valence-corrected chi connectivity index (χ4v) is 2.35. The summed E-state index contributed by atoms with van der Waals surface area (Å²) in [6.45, 7) is 1.97. The highest BCUT2D eigenvalue weighted by molar-refractivity contribution is 9.10. The fraction of sp³-hybridized carbons (Fsp3) is 0.0667. The normalized spacial score (nSPS) is 10.8. The number of fused-ring (bicyclic) bond motifs is 1. The second-order valence-corrected chi connectivity index (χ2v) is 5.69. The van der Waals surface area contributed by atoms with Crippen LogP contribution in [0.5, 0.6) is 11.5 Å². The summed E-state index contributed by atoms with van der Waals surface area (Å²) in [5.41, 5.74) is 2.50. The van der Waals surface area contributed by atoms with Crippen LogP contribution in [0.2, 0.25) is 5.02 Å². The van der Waals surface area contributed by atoms with E-state index in [0.29, 0.717) is 10.8 Å². The Hall–Kier alpha value is -1.65. The molecule has 0 bridgehead atoms. The Kier molecular flexibility index (Phi) is 3.59. The van der Waals surface area contributed by atoms with E-state index < -0.39 is 0 Å². The van der Waals surface area contributed by atoms with E-state index in [9.17, 15) is 0 Å². The molecule has 2 aromatic heterocycles. The molecule has 5 heteroatoms. The molecule has 20 heavy (non-hydrogen) atoms. The lowest BCUT2D eigenvalue weighted by atomic mass is 10.2. The van der Waals surface area contributed by atoms with E-state index in [1.165, 1.54) is 0 Å². The summed E-state index contributed by atoms with van der Waals surface area (Å²) in [5, 5.41) is 0.639. The predicted molar refractivity (Wildman–Crippen MR) is 83.5 cm³/mol. The van der Waals surface area contributed by atoms with Crippen LogP contribution >= 0.6 is 27.5 Å². The zero-order valence-electron chi connectivity index (χ0n) is 10.6. The predicted octanol–water partition coefficient (Wildman–Crippen LogP) is 5.15. The van der Waals surface area contributed by atoms with Crippen molar-refractivity contribution < 1.29 is 4.74 Å². The Morgan fingerprint density at radius 1 is 1.10 bits per heavy atom. The SMILES string of the molecule is Cc1ccc(Cl)cc1Oc1ccnc2cc(Br)cnc12. The largest absolute Gasteiger partial charge is 0.455 e. The van der Waals surface area contributed by atoms with Crippen molar-refractivity contribution in [3.63, 3.8) is 0 Å². The van der Waals surface area contributed by atoms with Crippen LogP contribution in [0.3, 0.4) is 0 Å². The van der Waals surface area contributed by atoms with Gasteiger partial charge in [0.2, 0.25) is 0 Å². The number of hydrogen-bond acceptors (Lipinski definition) is 3. The molecule has 0 saturated carbocycles. The van der Waals surface area contributed by atoms with Crippen LogP contribution < -0.4 is 4.74 Å². The number of halogens is 2. The lowest BCUT2D eigenvalue weighted by molar-refractivity contribution is 0.483. The topological polar surface area (TPSA) is 35.0 Å². The Bertz CT molecular complexity index is 792. The van der Waals surface area contributed by atoms with Crippen LogP contribution in [0, 0.1) is 6.92 Å². The molecule has 0 amide bonds. The third kappa shape index (κ3) is 2.62. The summed E-state index contributed by atoms with van der Waals surface area (Å²) in [4.78, 5) is 8.65. The van der Waals surface area contributed by atoms with Crippen molar-refractivity contribution in [3.05, 3.63) is 57.8 Å². The first-order valence-electron chi connectivity index (χ1n) is 5.98. The number of benzene rings is 1. The number of nitrogens with zero attached hydrogens (tertiary/aromatic N) is 2. The molecule has 3 rings (SSSR count).